The van der Waals surface area contributed by atoms with Crippen LogP contribution >= 0.6 is 31.9 Å². The maximum atomic E-state index is 12.9. The summed E-state index contributed by atoms with van der Waals surface area (Å²) in [4.78, 5) is 29.2. The summed E-state index contributed by atoms with van der Waals surface area (Å²) in [5, 5.41) is 4.78. The van der Waals surface area contributed by atoms with Crippen LogP contribution in [0.1, 0.15) is 25.2 Å². The van der Waals surface area contributed by atoms with E-state index in [2.05, 4.69) is 41.9 Å². The molecule has 0 bridgehead atoms. The van der Waals surface area contributed by atoms with Crippen LogP contribution in [0.2, 0.25) is 0 Å². The molecule has 0 spiro atoms. The number of aryl methyl sites for hydroxylation is 1. The molecule has 2 aromatic carbocycles. The largest absolute Gasteiger partial charge is 0.478 e. The molecule has 156 valence electrons. The van der Waals surface area contributed by atoms with E-state index in [1.807, 2.05) is 6.07 Å². The van der Waals surface area contributed by atoms with Gasteiger partial charge in [0.15, 0.2) is 6.10 Å². The molecule has 1 aromatic heterocycles. The summed E-state index contributed by atoms with van der Waals surface area (Å²) in [5.74, 6) is 0.424. The van der Waals surface area contributed by atoms with Crippen LogP contribution in [0.15, 0.2) is 55.2 Å². The first-order valence-electron chi connectivity index (χ1n) is 9.16. The number of fused-ring (bicyclic) bond motifs is 1. The van der Waals surface area contributed by atoms with Crippen LogP contribution in [0, 0.1) is 6.92 Å². The lowest BCUT2D eigenvalue weighted by Crippen LogP contribution is -2.26. The number of esters is 1. The average Bonchev–Trinajstić information content (AvgIpc) is 2.70. The Morgan fingerprint density at radius 3 is 2.67 bits per heavy atom. The van der Waals surface area contributed by atoms with E-state index in [1.165, 1.54) is 10.9 Å². The van der Waals surface area contributed by atoms with Crippen molar-refractivity contribution in [3.05, 3.63) is 67.1 Å². The highest BCUT2D eigenvalue weighted by molar-refractivity contribution is 9.10. The van der Waals surface area contributed by atoms with Gasteiger partial charge in [-0.05, 0) is 57.2 Å². The summed E-state index contributed by atoms with van der Waals surface area (Å²) in [6, 6.07) is 10.6. The summed E-state index contributed by atoms with van der Waals surface area (Å²) in [7, 11) is 0. The molecule has 0 unspecified atom stereocenters. The topological polar surface area (TPSA) is 82.8 Å². The lowest BCUT2D eigenvalue weighted by molar-refractivity contribution is -0.150. The Labute approximate surface area is 190 Å². The fraction of sp³-hybridized carbons (Fsp3) is 0.238. The van der Waals surface area contributed by atoms with E-state index in [-0.39, 0.29) is 12.2 Å². The van der Waals surface area contributed by atoms with Crippen LogP contribution < -0.4 is 10.3 Å². The normalized spacial score (nSPS) is 12.3. The zero-order chi connectivity index (χ0) is 21.8. The standard InChI is InChI=1S/C21H19Br2N3O4/c1-4-29-21(28)12(2)30-19-8-6-15(22)9-14(19)11-24-26-13(3)25-18-7-5-16(23)10-17(18)20(26)27/h5-12H,4H2,1-3H3/t12-/m1/s1. The smallest absolute Gasteiger partial charge is 0.347 e. The SMILES string of the molecule is CCOC(=O)[C@@H](C)Oc1ccc(Br)cc1C=Nn1c(C)nc2ccc(Br)cc2c1=O. The third kappa shape index (κ3) is 4.96. The lowest BCUT2D eigenvalue weighted by atomic mass is 10.2. The predicted octanol–water partition coefficient (Wildman–Crippen LogP) is 4.44. The van der Waals surface area contributed by atoms with Crippen molar-refractivity contribution in [3.63, 3.8) is 0 Å². The van der Waals surface area contributed by atoms with E-state index in [9.17, 15) is 9.59 Å². The second-order valence-corrected chi connectivity index (χ2v) is 8.21. The maximum Gasteiger partial charge on any atom is 0.347 e. The first kappa shape index (κ1) is 22.2. The van der Waals surface area contributed by atoms with Crippen LogP contribution in [-0.4, -0.2) is 34.6 Å². The molecule has 0 aliphatic carbocycles. The fourth-order valence-electron chi connectivity index (χ4n) is 2.74. The Hall–Kier alpha value is -2.52. The van der Waals surface area contributed by atoms with E-state index in [0.29, 0.717) is 28.0 Å². The van der Waals surface area contributed by atoms with Crippen molar-refractivity contribution >= 4 is 54.9 Å². The molecule has 1 heterocycles. The first-order chi connectivity index (χ1) is 14.3. The van der Waals surface area contributed by atoms with E-state index in [4.69, 9.17) is 9.47 Å². The predicted molar refractivity (Wildman–Crippen MR) is 122 cm³/mol. The number of aromatic nitrogens is 2. The van der Waals surface area contributed by atoms with Crippen molar-refractivity contribution in [1.82, 2.24) is 9.66 Å². The molecule has 0 aliphatic rings. The van der Waals surface area contributed by atoms with Crippen LogP contribution in [-0.2, 0) is 9.53 Å². The summed E-state index contributed by atoms with van der Waals surface area (Å²) in [6.45, 7) is 5.33. The molecule has 0 N–H and O–H groups in total. The molecule has 0 amide bonds. The van der Waals surface area contributed by atoms with Gasteiger partial charge in [-0.2, -0.15) is 9.78 Å². The number of rotatable bonds is 6. The summed E-state index contributed by atoms with van der Waals surface area (Å²) in [6.07, 6.45) is 0.708. The zero-order valence-electron chi connectivity index (χ0n) is 16.6. The van der Waals surface area contributed by atoms with Gasteiger partial charge in [-0.25, -0.2) is 9.78 Å². The number of hydrogen-bond donors (Lipinski definition) is 0. The van der Waals surface area contributed by atoms with Gasteiger partial charge in [0.1, 0.15) is 11.6 Å². The highest BCUT2D eigenvalue weighted by Crippen LogP contribution is 2.23. The molecule has 0 aliphatic heterocycles. The second-order valence-electron chi connectivity index (χ2n) is 6.38. The van der Waals surface area contributed by atoms with Crippen LogP contribution in [0.5, 0.6) is 5.75 Å². The van der Waals surface area contributed by atoms with Crippen molar-refractivity contribution in [3.8, 4) is 5.75 Å². The molecular formula is C21H19Br2N3O4. The van der Waals surface area contributed by atoms with Crippen molar-refractivity contribution in [2.24, 2.45) is 5.10 Å². The summed E-state index contributed by atoms with van der Waals surface area (Å²) < 4.78 is 13.5. The molecule has 3 aromatic rings. The van der Waals surface area contributed by atoms with E-state index in [1.54, 1.807) is 51.1 Å². The minimum absolute atomic E-state index is 0.272. The van der Waals surface area contributed by atoms with Gasteiger partial charge in [-0.1, -0.05) is 31.9 Å². The molecule has 0 saturated heterocycles. The van der Waals surface area contributed by atoms with Gasteiger partial charge in [-0.15, -0.1) is 0 Å². The number of ether oxygens (including phenoxy) is 2. The highest BCUT2D eigenvalue weighted by Gasteiger charge is 2.17. The molecule has 0 saturated carbocycles. The van der Waals surface area contributed by atoms with Gasteiger partial charge in [0.25, 0.3) is 5.56 Å². The third-order valence-corrected chi connectivity index (χ3v) is 5.16. The monoisotopic (exact) mass is 535 g/mol. The Bertz CT molecular complexity index is 1190. The molecule has 30 heavy (non-hydrogen) atoms. The molecule has 0 fully saturated rings. The minimum atomic E-state index is -0.789. The van der Waals surface area contributed by atoms with Gasteiger partial charge in [0.05, 0.1) is 23.7 Å². The Kier molecular flexibility index (Phi) is 7.04. The van der Waals surface area contributed by atoms with Crippen molar-refractivity contribution < 1.29 is 14.3 Å². The van der Waals surface area contributed by atoms with Gasteiger partial charge >= 0.3 is 5.97 Å². The van der Waals surface area contributed by atoms with Crippen LogP contribution in [0.3, 0.4) is 0 Å². The van der Waals surface area contributed by atoms with Gasteiger partial charge in [0, 0.05) is 14.5 Å². The number of carbonyl (C=O) groups excluding carboxylic acids is 1. The Morgan fingerprint density at radius 1 is 1.23 bits per heavy atom. The van der Waals surface area contributed by atoms with Crippen molar-refractivity contribution in [2.45, 2.75) is 26.9 Å². The molecule has 0 radical (unpaired) electrons. The van der Waals surface area contributed by atoms with Gasteiger partial charge < -0.3 is 9.47 Å². The number of hydrogen-bond acceptors (Lipinski definition) is 6. The average molecular weight is 537 g/mol. The Balaban J connectivity index is 1.99. The molecule has 3 rings (SSSR count). The Morgan fingerprint density at radius 2 is 1.93 bits per heavy atom. The fourth-order valence-corrected chi connectivity index (χ4v) is 3.48. The number of nitrogens with zero attached hydrogens (tertiary/aromatic N) is 3. The number of carbonyl (C=O) groups is 1. The number of benzene rings is 2. The molecular weight excluding hydrogens is 518 g/mol. The maximum absolute atomic E-state index is 12.9. The molecule has 1 atom stereocenters. The zero-order valence-corrected chi connectivity index (χ0v) is 19.7. The van der Waals surface area contributed by atoms with Crippen LogP contribution in [0.4, 0.5) is 0 Å². The highest BCUT2D eigenvalue weighted by atomic mass is 79.9. The van der Waals surface area contributed by atoms with Crippen molar-refractivity contribution in [1.29, 1.82) is 0 Å². The van der Waals surface area contributed by atoms with Gasteiger partial charge in [0.2, 0.25) is 0 Å². The minimum Gasteiger partial charge on any atom is -0.478 e. The lowest BCUT2D eigenvalue weighted by Gasteiger charge is -2.15. The van der Waals surface area contributed by atoms with E-state index < -0.39 is 12.1 Å². The van der Waals surface area contributed by atoms with Gasteiger partial charge in [-0.3, -0.25) is 4.79 Å². The molecule has 9 heteroatoms. The van der Waals surface area contributed by atoms with Crippen LogP contribution in [0.25, 0.3) is 10.9 Å². The molecule has 7 nitrogen and oxygen atoms in total. The van der Waals surface area contributed by atoms with Crippen molar-refractivity contribution in [2.75, 3.05) is 6.61 Å². The number of halogens is 2. The summed E-state index contributed by atoms with van der Waals surface area (Å²) in [5.41, 5.74) is 0.899. The van der Waals surface area contributed by atoms with E-state index in [0.717, 1.165) is 8.95 Å². The van der Waals surface area contributed by atoms with E-state index >= 15 is 0 Å². The second kappa shape index (κ2) is 9.53. The quantitative estimate of drug-likeness (QED) is 0.343. The first-order valence-corrected chi connectivity index (χ1v) is 10.7. The third-order valence-electron chi connectivity index (χ3n) is 4.18. The summed E-state index contributed by atoms with van der Waals surface area (Å²) >= 11 is 6.79.